The Morgan fingerprint density at radius 1 is 0.686 bits per heavy atom. The Labute approximate surface area is 311 Å². The molecule has 3 rings (SSSR count). The third-order valence-corrected chi connectivity index (χ3v) is 15.7. The molecule has 51 heavy (non-hydrogen) atoms. The molecule has 1 N–H and O–H groups in total. The van der Waals surface area contributed by atoms with E-state index in [9.17, 15) is 9.90 Å². The van der Waals surface area contributed by atoms with Crippen molar-refractivity contribution in [1.29, 1.82) is 0 Å². The Balaban J connectivity index is 1.70. The van der Waals surface area contributed by atoms with Crippen LogP contribution >= 0.6 is 0 Å². The molecular weight excluding hydrogens is 665 g/mol. The van der Waals surface area contributed by atoms with Crippen molar-refractivity contribution in [3.8, 4) is 0 Å². The number of aldehydes is 1. The molecule has 0 aromatic rings. The molecule has 0 spiro atoms. The molecule has 0 bridgehead atoms. The van der Waals surface area contributed by atoms with Crippen LogP contribution in [0.25, 0.3) is 0 Å². The van der Waals surface area contributed by atoms with E-state index in [-0.39, 0.29) is 60.5 Å². The molecule has 0 aliphatic carbocycles. The molecule has 3 fully saturated rings. The summed E-state index contributed by atoms with van der Waals surface area (Å²) >= 11 is 0. The Kier molecular flexibility index (Phi) is 16.6. The zero-order chi connectivity index (χ0) is 38.2. The molecule has 0 radical (unpaired) electrons. The predicted molar refractivity (Wildman–Crippen MR) is 205 cm³/mol. The van der Waals surface area contributed by atoms with Gasteiger partial charge in [0.15, 0.2) is 25.7 Å². The third-order valence-electron chi connectivity index (χ3n) is 11.0. The standard InChI is InChI=1S/C41H74O9Si/c1-14-51(15-2,16-3)50-37(29(6)18-17-21-42)27-36-26-35(48-41(12,13)49-36)25-34-24-33(46-40(10,11)47-34)23-32-22-31(44-39(8,9)45-32)20-19-30(7)38(43)28(4)5/h17-21,28-38,43H,14-16,22-27H2,1-13H3/b18-17+,20-19+/t29-,30-,31-,32-,33+,34-,35+,36+,37+,38-/m0/s1. The lowest BCUT2D eigenvalue weighted by atomic mass is 9.91. The van der Waals surface area contributed by atoms with Gasteiger partial charge in [-0.15, -0.1) is 0 Å². The topological polar surface area (TPSA) is 102 Å². The van der Waals surface area contributed by atoms with Crippen molar-refractivity contribution in [2.45, 2.75) is 213 Å². The molecule has 10 atom stereocenters. The van der Waals surface area contributed by atoms with E-state index in [0.29, 0.717) is 0 Å². The van der Waals surface area contributed by atoms with Crippen molar-refractivity contribution >= 4 is 14.6 Å². The molecule has 3 heterocycles. The molecule has 0 aromatic heterocycles. The average molecular weight is 739 g/mol. The molecule has 3 aliphatic heterocycles. The smallest absolute Gasteiger partial charge is 0.192 e. The summed E-state index contributed by atoms with van der Waals surface area (Å²) in [6.45, 7) is 26.9. The van der Waals surface area contributed by atoms with E-state index in [4.69, 9.17) is 32.8 Å². The molecule has 9 nitrogen and oxygen atoms in total. The highest BCUT2D eigenvalue weighted by Gasteiger charge is 2.44. The number of carbonyl (C=O) groups is 1. The second kappa shape index (κ2) is 19.1. The minimum Gasteiger partial charge on any atom is -0.413 e. The first-order valence-corrected chi connectivity index (χ1v) is 22.5. The molecule has 0 amide bonds. The lowest BCUT2D eigenvalue weighted by Gasteiger charge is -2.47. The largest absolute Gasteiger partial charge is 0.413 e. The SMILES string of the molecule is CC[Si](CC)(CC)O[C@H](C[C@H]1C[C@@H](C[C@@H]2C[C@@H](C[C@@H]3C[C@H](/C=C/[C@H](C)[C@@H](O)C(C)C)OC(C)(C)O3)OC(C)(C)O2)OC(C)(C)O1)[C@@H](C)/C=C/C=O. The van der Waals surface area contributed by atoms with Gasteiger partial charge in [0.05, 0.1) is 48.8 Å². The van der Waals surface area contributed by atoms with Crippen molar-refractivity contribution in [3.05, 3.63) is 24.3 Å². The van der Waals surface area contributed by atoms with E-state index in [1.54, 1.807) is 6.08 Å². The molecular formula is C41H74O9Si. The van der Waals surface area contributed by atoms with Crippen LogP contribution in [-0.4, -0.2) is 85.9 Å². The van der Waals surface area contributed by atoms with Crippen molar-refractivity contribution in [2.24, 2.45) is 17.8 Å². The van der Waals surface area contributed by atoms with E-state index in [1.807, 2.05) is 68.4 Å². The first-order valence-electron chi connectivity index (χ1n) is 20.0. The molecule has 0 saturated carbocycles. The van der Waals surface area contributed by atoms with E-state index >= 15 is 0 Å². The van der Waals surface area contributed by atoms with Gasteiger partial charge in [-0.05, 0) is 84.0 Å². The fourth-order valence-electron chi connectivity index (χ4n) is 8.33. The van der Waals surface area contributed by atoms with Crippen LogP contribution in [0.1, 0.15) is 129 Å². The molecule has 3 aliphatic rings. The Morgan fingerprint density at radius 3 is 1.61 bits per heavy atom. The molecule has 10 heteroatoms. The van der Waals surface area contributed by atoms with Crippen LogP contribution in [0.2, 0.25) is 18.1 Å². The minimum atomic E-state index is -1.90. The van der Waals surface area contributed by atoms with Crippen molar-refractivity contribution in [1.82, 2.24) is 0 Å². The summed E-state index contributed by atoms with van der Waals surface area (Å²) in [4.78, 5) is 11.2. The zero-order valence-corrected chi connectivity index (χ0v) is 35.3. The normalized spacial score (nSPS) is 32.2. The maximum absolute atomic E-state index is 11.2. The van der Waals surface area contributed by atoms with Crippen LogP contribution in [-0.2, 0) is 37.6 Å². The maximum atomic E-state index is 11.2. The summed E-state index contributed by atoms with van der Waals surface area (Å²) in [7, 11) is -1.90. The van der Waals surface area contributed by atoms with Crippen LogP contribution in [0, 0.1) is 17.8 Å². The van der Waals surface area contributed by atoms with Gasteiger partial charge in [0, 0.05) is 38.0 Å². The third kappa shape index (κ3) is 14.0. The van der Waals surface area contributed by atoms with E-state index in [0.717, 1.165) is 62.9 Å². The van der Waals surface area contributed by atoms with Gasteiger partial charge in [0.2, 0.25) is 0 Å². The fourth-order valence-corrected chi connectivity index (χ4v) is 11.3. The summed E-state index contributed by atoms with van der Waals surface area (Å²) in [5.41, 5.74) is 0. The number of hydrogen-bond donors (Lipinski definition) is 1. The fraction of sp³-hybridized carbons (Fsp3) is 0.878. The average Bonchev–Trinajstić information content (AvgIpc) is 3.01. The number of hydrogen-bond acceptors (Lipinski definition) is 9. The second-order valence-corrected chi connectivity index (χ2v) is 22.0. The highest BCUT2D eigenvalue weighted by molar-refractivity contribution is 6.73. The lowest BCUT2D eigenvalue weighted by Crippen LogP contribution is -2.51. The van der Waals surface area contributed by atoms with Crippen LogP contribution in [0.3, 0.4) is 0 Å². The van der Waals surface area contributed by atoms with Crippen LogP contribution in [0.4, 0.5) is 0 Å². The van der Waals surface area contributed by atoms with Crippen LogP contribution in [0.5, 0.6) is 0 Å². The Hall–Kier alpha value is -0.953. The van der Waals surface area contributed by atoms with E-state index < -0.39 is 31.8 Å². The summed E-state index contributed by atoms with van der Waals surface area (Å²) < 4.78 is 45.9. The monoisotopic (exact) mass is 739 g/mol. The summed E-state index contributed by atoms with van der Waals surface area (Å²) in [5.74, 6) is -1.91. The van der Waals surface area contributed by atoms with Gasteiger partial charge < -0.3 is 38.0 Å². The van der Waals surface area contributed by atoms with Gasteiger partial charge in [0.25, 0.3) is 0 Å². The number of allylic oxidation sites excluding steroid dienone is 1. The molecule has 296 valence electrons. The summed E-state index contributed by atoms with van der Waals surface area (Å²) in [5, 5.41) is 10.5. The summed E-state index contributed by atoms with van der Waals surface area (Å²) in [6, 6.07) is 3.20. The van der Waals surface area contributed by atoms with Gasteiger partial charge in [-0.2, -0.15) is 0 Å². The molecule has 0 aromatic carbocycles. The van der Waals surface area contributed by atoms with E-state index in [2.05, 4.69) is 39.8 Å². The maximum Gasteiger partial charge on any atom is 0.192 e. The first kappa shape index (κ1) is 44.4. The highest BCUT2D eigenvalue weighted by Crippen LogP contribution is 2.39. The molecule has 0 unspecified atom stereocenters. The van der Waals surface area contributed by atoms with Gasteiger partial charge in [-0.3, -0.25) is 4.79 Å². The predicted octanol–water partition coefficient (Wildman–Crippen LogP) is 8.88. The van der Waals surface area contributed by atoms with E-state index in [1.165, 1.54) is 0 Å². The quantitative estimate of drug-likeness (QED) is 0.0640. The van der Waals surface area contributed by atoms with Gasteiger partial charge in [0.1, 0.15) is 6.29 Å². The Bertz CT molecular complexity index is 1110. The number of carbonyl (C=O) groups excluding carboxylic acids is 1. The number of ether oxygens (including phenoxy) is 6. The van der Waals surface area contributed by atoms with Gasteiger partial charge in [-0.1, -0.05) is 66.7 Å². The van der Waals surface area contributed by atoms with Crippen molar-refractivity contribution in [3.63, 3.8) is 0 Å². The molecule has 3 saturated heterocycles. The number of aliphatic hydroxyl groups is 1. The minimum absolute atomic E-state index is 0.0379. The number of aliphatic hydroxyl groups excluding tert-OH is 1. The van der Waals surface area contributed by atoms with Crippen molar-refractivity contribution < 1.29 is 42.7 Å². The van der Waals surface area contributed by atoms with Crippen LogP contribution in [0.15, 0.2) is 24.3 Å². The first-order chi connectivity index (χ1) is 23.7. The second-order valence-electron chi connectivity index (χ2n) is 17.2. The lowest BCUT2D eigenvalue weighted by molar-refractivity contribution is -0.333. The summed E-state index contributed by atoms with van der Waals surface area (Å²) in [6.07, 6.45) is 12.2. The Morgan fingerprint density at radius 2 is 1.14 bits per heavy atom. The number of rotatable bonds is 18. The highest BCUT2D eigenvalue weighted by atomic mass is 28.4. The van der Waals surface area contributed by atoms with Crippen molar-refractivity contribution in [2.75, 3.05) is 0 Å². The van der Waals surface area contributed by atoms with Gasteiger partial charge >= 0.3 is 0 Å². The zero-order valence-electron chi connectivity index (χ0n) is 34.3. The van der Waals surface area contributed by atoms with Crippen LogP contribution < -0.4 is 0 Å². The van der Waals surface area contributed by atoms with Gasteiger partial charge in [-0.25, -0.2) is 0 Å².